The van der Waals surface area contributed by atoms with E-state index in [4.69, 9.17) is 5.11 Å². The van der Waals surface area contributed by atoms with Crippen LogP contribution in [0.4, 0.5) is 0 Å². The first-order valence-corrected chi connectivity index (χ1v) is 8.57. The zero-order valence-corrected chi connectivity index (χ0v) is 12.5. The number of aliphatic hydroxyl groups excluding tert-OH is 1. The van der Waals surface area contributed by atoms with Crippen molar-refractivity contribution in [3.8, 4) is 0 Å². The van der Waals surface area contributed by atoms with Gasteiger partial charge in [-0.15, -0.1) is 11.3 Å². The van der Waals surface area contributed by atoms with Gasteiger partial charge >= 0.3 is 0 Å². The number of thioether (sulfide) groups is 1. The van der Waals surface area contributed by atoms with E-state index in [1.165, 1.54) is 6.07 Å². The molecule has 0 aliphatic carbocycles. The molecule has 17 heavy (non-hydrogen) atoms. The Morgan fingerprint density at radius 1 is 1.47 bits per heavy atom. The molecule has 0 aliphatic heterocycles. The second kappa shape index (κ2) is 5.71. The summed E-state index contributed by atoms with van der Waals surface area (Å²) in [5, 5.41) is 8.91. The van der Waals surface area contributed by atoms with Crippen molar-refractivity contribution in [2.24, 2.45) is 0 Å². The van der Waals surface area contributed by atoms with Gasteiger partial charge in [0.2, 0.25) is 10.0 Å². The van der Waals surface area contributed by atoms with Crippen LogP contribution in [0.2, 0.25) is 0 Å². The monoisotopic (exact) mass is 295 g/mol. The van der Waals surface area contributed by atoms with Crippen molar-refractivity contribution in [3.05, 3.63) is 17.0 Å². The second-order valence-corrected chi connectivity index (χ2v) is 8.84. The molecule has 0 bridgehead atoms. The van der Waals surface area contributed by atoms with Crippen molar-refractivity contribution >= 4 is 33.1 Å². The Hall–Kier alpha value is -0.0800. The van der Waals surface area contributed by atoms with Crippen molar-refractivity contribution in [1.29, 1.82) is 0 Å². The Kier molecular flexibility index (Phi) is 5.03. The van der Waals surface area contributed by atoms with E-state index in [9.17, 15) is 8.42 Å². The number of hydrogen-bond donors (Lipinski definition) is 2. The van der Waals surface area contributed by atoms with E-state index in [0.717, 1.165) is 11.3 Å². The lowest BCUT2D eigenvalue weighted by molar-refractivity contribution is 0.285. The fraction of sp³-hybridized carbons (Fsp3) is 0.600. The SMILES string of the molecule is CSC(C)(C)CNS(=O)(=O)c1ccc(CO)s1. The molecule has 1 rings (SSSR count). The first kappa shape index (κ1) is 15.0. The summed E-state index contributed by atoms with van der Waals surface area (Å²) in [5.74, 6) is 0. The van der Waals surface area contributed by atoms with Crippen LogP contribution in [0.15, 0.2) is 16.3 Å². The van der Waals surface area contributed by atoms with E-state index in [0.29, 0.717) is 11.4 Å². The molecule has 0 amide bonds. The van der Waals surface area contributed by atoms with Crippen molar-refractivity contribution < 1.29 is 13.5 Å². The Morgan fingerprint density at radius 3 is 2.59 bits per heavy atom. The second-order valence-electron chi connectivity index (χ2n) is 4.17. The normalized spacial score (nSPS) is 12.9. The predicted octanol–water partition coefficient (Wildman–Crippen LogP) is 1.66. The molecule has 0 atom stereocenters. The summed E-state index contributed by atoms with van der Waals surface area (Å²) >= 11 is 2.70. The fourth-order valence-electron chi connectivity index (χ4n) is 1.000. The number of nitrogens with one attached hydrogen (secondary N) is 1. The van der Waals surface area contributed by atoms with Gasteiger partial charge in [-0.2, -0.15) is 11.8 Å². The van der Waals surface area contributed by atoms with E-state index >= 15 is 0 Å². The zero-order valence-electron chi connectivity index (χ0n) is 10.1. The molecule has 0 spiro atoms. The van der Waals surface area contributed by atoms with Gasteiger partial charge < -0.3 is 5.11 Å². The van der Waals surface area contributed by atoms with Crippen LogP contribution in [0, 0.1) is 0 Å². The summed E-state index contributed by atoms with van der Waals surface area (Å²) in [6.07, 6.45) is 1.95. The minimum Gasteiger partial charge on any atom is -0.391 e. The maximum atomic E-state index is 11.9. The average molecular weight is 295 g/mol. The quantitative estimate of drug-likeness (QED) is 0.837. The lowest BCUT2D eigenvalue weighted by Crippen LogP contribution is -2.35. The molecule has 98 valence electrons. The van der Waals surface area contributed by atoms with Gasteiger partial charge in [-0.05, 0) is 32.2 Å². The van der Waals surface area contributed by atoms with Gasteiger partial charge in [0.1, 0.15) is 4.21 Å². The van der Waals surface area contributed by atoms with Crippen LogP contribution in [0.3, 0.4) is 0 Å². The van der Waals surface area contributed by atoms with Gasteiger partial charge in [-0.1, -0.05) is 0 Å². The van der Waals surface area contributed by atoms with Crippen LogP contribution in [0.25, 0.3) is 0 Å². The largest absolute Gasteiger partial charge is 0.391 e. The summed E-state index contributed by atoms with van der Waals surface area (Å²) in [5.41, 5.74) is 0. The maximum Gasteiger partial charge on any atom is 0.250 e. The molecule has 0 fully saturated rings. The number of thiophene rings is 1. The molecule has 0 unspecified atom stereocenters. The number of aliphatic hydroxyl groups is 1. The molecule has 4 nitrogen and oxygen atoms in total. The van der Waals surface area contributed by atoms with Crippen molar-refractivity contribution in [2.45, 2.75) is 29.4 Å². The van der Waals surface area contributed by atoms with Crippen LogP contribution >= 0.6 is 23.1 Å². The summed E-state index contributed by atoms with van der Waals surface area (Å²) in [6, 6.07) is 3.14. The number of rotatable bonds is 6. The van der Waals surface area contributed by atoms with Gasteiger partial charge in [0.05, 0.1) is 6.61 Å². The third-order valence-electron chi connectivity index (χ3n) is 2.30. The maximum absolute atomic E-state index is 11.9. The lowest BCUT2D eigenvalue weighted by atomic mass is 10.2. The van der Waals surface area contributed by atoms with E-state index in [2.05, 4.69) is 4.72 Å². The minimum atomic E-state index is -3.45. The highest BCUT2D eigenvalue weighted by Crippen LogP contribution is 2.24. The minimum absolute atomic E-state index is 0.128. The van der Waals surface area contributed by atoms with Crippen molar-refractivity contribution in [2.75, 3.05) is 12.8 Å². The third kappa shape index (κ3) is 4.26. The Balaban J connectivity index is 2.76. The molecule has 0 radical (unpaired) electrons. The molecule has 2 N–H and O–H groups in total. The molecule has 0 aromatic carbocycles. The highest BCUT2D eigenvalue weighted by molar-refractivity contribution is 8.00. The van der Waals surface area contributed by atoms with Crippen molar-refractivity contribution in [3.63, 3.8) is 0 Å². The number of hydrogen-bond acceptors (Lipinski definition) is 5. The molecule has 1 aromatic rings. The van der Waals surface area contributed by atoms with E-state index in [-0.39, 0.29) is 15.6 Å². The number of sulfonamides is 1. The molecule has 1 aromatic heterocycles. The molecule has 0 aliphatic rings. The van der Waals surface area contributed by atoms with Gasteiger partial charge in [0, 0.05) is 16.2 Å². The van der Waals surface area contributed by atoms with Gasteiger partial charge in [-0.25, -0.2) is 13.1 Å². The molecular weight excluding hydrogens is 278 g/mol. The van der Waals surface area contributed by atoms with Crippen molar-refractivity contribution in [1.82, 2.24) is 4.72 Å². The first-order chi connectivity index (χ1) is 7.80. The topological polar surface area (TPSA) is 66.4 Å². The summed E-state index contributed by atoms with van der Waals surface area (Å²) in [6.45, 7) is 4.21. The highest BCUT2D eigenvalue weighted by atomic mass is 32.2. The molecule has 7 heteroatoms. The smallest absolute Gasteiger partial charge is 0.250 e. The van der Waals surface area contributed by atoms with Crippen LogP contribution < -0.4 is 4.72 Å². The summed E-state index contributed by atoms with van der Waals surface area (Å²) in [4.78, 5) is 0.648. The van der Waals surface area contributed by atoms with Gasteiger partial charge in [0.25, 0.3) is 0 Å². The van der Waals surface area contributed by atoms with Crippen LogP contribution in [-0.4, -0.2) is 31.1 Å². The summed E-state index contributed by atoms with van der Waals surface area (Å²) in [7, 11) is -3.45. The van der Waals surface area contributed by atoms with E-state index < -0.39 is 10.0 Å². The molecular formula is C10H17NO3S3. The van der Waals surface area contributed by atoms with Gasteiger partial charge in [-0.3, -0.25) is 0 Å². The highest BCUT2D eigenvalue weighted by Gasteiger charge is 2.22. The Bertz CT molecular complexity index is 465. The molecule has 0 saturated carbocycles. The first-order valence-electron chi connectivity index (χ1n) is 5.05. The van der Waals surface area contributed by atoms with Crippen LogP contribution in [0.1, 0.15) is 18.7 Å². The Labute approximate surface area is 110 Å². The Morgan fingerprint density at radius 2 is 2.12 bits per heavy atom. The predicted molar refractivity (Wildman–Crippen MR) is 73.0 cm³/mol. The molecule has 0 saturated heterocycles. The van der Waals surface area contributed by atoms with Gasteiger partial charge in [0.15, 0.2) is 0 Å². The van der Waals surface area contributed by atoms with E-state index in [1.807, 2.05) is 20.1 Å². The van der Waals surface area contributed by atoms with Crippen LogP contribution in [0.5, 0.6) is 0 Å². The fourth-order valence-corrected chi connectivity index (χ4v) is 3.78. The molecule has 1 heterocycles. The summed E-state index contributed by atoms with van der Waals surface area (Å²) < 4.78 is 26.6. The van der Waals surface area contributed by atoms with E-state index in [1.54, 1.807) is 17.8 Å². The third-order valence-corrected chi connectivity index (χ3v) is 6.51. The standard InChI is InChI=1S/C10H17NO3S3/c1-10(2,15-3)7-11-17(13,14)9-5-4-8(6-12)16-9/h4-5,11-12H,6-7H2,1-3H3. The zero-order chi connectivity index (χ0) is 13.1. The average Bonchev–Trinajstić information content (AvgIpc) is 2.76. The van der Waals surface area contributed by atoms with Crippen LogP contribution in [-0.2, 0) is 16.6 Å². The lowest BCUT2D eigenvalue weighted by Gasteiger charge is -2.21.